The summed E-state index contributed by atoms with van der Waals surface area (Å²) in [7, 11) is 3.42. The van der Waals surface area contributed by atoms with Crippen LogP contribution in [0, 0.1) is 6.92 Å². The van der Waals surface area contributed by atoms with Gasteiger partial charge in [0, 0.05) is 20.3 Å². The third-order valence-electron chi connectivity index (χ3n) is 3.94. The zero-order chi connectivity index (χ0) is 18.8. The molecule has 1 amide bonds. The maximum Gasteiger partial charge on any atom is 0.267 e. The molecule has 0 N–H and O–H groups in total. The van der Waals surface area contributed by atoms with Crippen LogP contribution in [0.1, 0.15) is 12.5 Å². The zero-order valence-electron chi connectivity index (χ0n) is 15.1. The van der Waals surface area contributed by atoms with Gasteiger partial charge in [-0.3, -0.25) is 9.59 Å². The van der Waals surface area contributed by atoms with Crippen molar-refractivity contribution in [2.24, 2.45) is 0 Å². The van der Waals surface area contributed by atoms with Crippen molar-refractivity contribution in [2.45, 2.75) is 24.3 Å². The van der Waals surface area contributed by atoms with Crippen molar-refractivity contribution in [1.29, 1.82) is 0 Å². The van der Waals surface area contributed by atoms with Gasteiger partial charge in [-0.1, -0.05) is 30.0 Å². The van der Waals surface area contributed by atoms with Gasteiger partial charge >= 0.3 is 0 Å². The topological polar surface area (TPSA) is 68.1 Å². The lowest BCUT2D eigenvalue weighted by Crippen LogP contribution is -2.31. The number of hydrogen-bond acceptors (Lipinski definition) is 5. The SMILES string of the molecule is Cc1ccc(-n2c(S[C@@H](C)C(=O)N(C)C)nc3ccccc3c2=O)nc1. The molecule has 0 aliphatic carbocycles. The number of thioether (sulfide) groups is 1. The van der Waals surface area contributed by atoms with Gasteiger partial charge in [0.1, 0.15) is 5.82 Å². The molecule has 1 atom stereocenters. The number of hydrogen-bond donors (Lipinski definition) is 0. The molecule has 134 valence electrons. The number of amides is 1. The van der Waals surface area contributed by atoms with Crippen molar-refractivity contribution in [2.75, 3.05) is 14.1 Å². The Morgan fingerprint density at radius 2 is 1.92 bits per heavy atom. The molecule has 6 nitrogen and oxygen atoms in total. The van der Waals surface area contributed by atoms with E-state index in [-0.39, 0.29) is 16.7 Å². The number of para-hydroxylation sites is 1. The lowest BCUT2D eigenvalue weighted by Gasteiger charge is -2.18. The first-order chi connectivity index (χ1) is 12.4. The van der Waals surface area contributed by atoms with Crippen LogP contribution in [0.25, 0.3) is 16.7 Å². The van der Waals surface area contributed by atoms with Gasteiger partial charge < -0.3 is 4.90 Å². The number of aromatic nitrogens is 3. The number of nitrogens with zero attached hydrogens (tertiary/aromatic N) is 4. The fourth-order valence-electron chi connectivity index (χ4n) is 2.56. The largest absolute Gasteiger partial charge is 0.348 e. The molecule has 0 bridgehead atoms. The highest BCUT2D eigenvalue weighted by Gasteiger charge is 2.21. The van der Waals surface area contributed by atoms with Crippen molar-refractivity contribution < 1.29 is 4.79 Å². The average Bonchev–Trinajstić information content (AvgIpc) is 2.62. The van der Waals surface area contributed by atoms with Crippen LogP contribution in [-0.4, -0.2) is 44.7 Å². The molecule has 0 aliphatic heterocycles. The fourth-order valence-corrected chi connectivity index (χ4v) is 3.62. The monoisotopic (exact) mass is 368 g/mol. The molecule has 0 radical (unpaired) electrons. The van der Waals surface area contributed by atoms with E-state index in [1.165, 1.54) is 21.2 Å². The summed E-state index contributed by atoms with van der Waals surface area (Å²) in [5.74, 6) is 0.451. The van der Waals surface area contributed by atoms with Crippen LogP contribution in [-0.2, 0) is 4.79 Å². The fraction of sp³-hybridized carbons (Fsp3) is 0.263. The van der Waals surface area contributed by atoms with E-state index >= 15 is 0 Å². The average molecular weight is 368 g/mol. The maximum atomic E-state index is 13.1. The van der Waals surface area contributed by atoms with Gasteiger partial charge in [0.25, 0.3) is 5.56 Å². The van der Waals surface area contributed by atoms with E-state index in [4.69, 9.17) is 0 Å². The van der Waals surface area contributed by atoms with Gasteiger partial charge in [-0.2, -0.15) is 0 Å². The molecule has 0 unspecified atom stereocenters. The van der Waals surface area contributed by atoms with Gasteiger partial charge in [-0.15, -0.1) is 0 Å². The molecule has 3 aromatic rings. The van der Waals surface area contributed by atoms with Crippen LogP contribution in [0.3, 0.4) is 0 Å². The minimum absolute atomic E-state index is 0.0409. The predicted molar refractivity (Wildman–Crippen MR) is 104 cm³/mol. The third-order valence-corrected chi connectivity index (χ3v) is 4.98. The maximum absolute atomic E-state index is 13.1. The van der Waals surface area contributed by atoms with Crippen molar-refractivity contribution in [3.05, 3.63) is 58.5 Å². The van der Waals surface area contributed by atoms with E-state index in [9.17, 15) is 9.59 Å². The summed E-state index contributed by atoms with van der Waals surface area (Å²) in [4.78, 5) is 35.9. The van der Waals surface area contributed by atoms with Gasteiger partial charge in [-0.25, -0.2) is 14.5 Å². The molecular weight excluding hydrogens is 348 g/mol. The predicted octanol–water partition coefficient (Wildman–Crippen LogP) is 2.66. The third kappa shape index (κ3) is 3.48. The van der Waals surface area contributed by atoms with Crippen LogP contribution < -0.4 is 5.56 Å². The Bertz CT molecular complexity index is 1010. The second-order valence-electron chi connectivity index (χ2n) is 6.24. The molecule has 7 heteroatoms. The summed E-state index contributed by atoms with van der Waals surface area (Å²) in [6, 6.07) is 10.9. The first-order valence-corrected chi connectivity index (χ1v) is 9.09. The van der Waals surface area contributed by atoms with Crippen LogP contribution >= 0.6 is 11.8 Å². The van der Waals surface area contributed by atoms with E-state index in [1.54, 1.807) is 45.4 Å². The lowest BCUT2D eigenvalue weighted by molar-refractivity contribution is -0.127. The molecule has 1 aromatic carbocycles. The standard InChI is InChI=1S/C19H20N4O2S/c1-12-9-10-16(20-11-12)23-18(25)14-7-5-6-8-15(14)21-19(23)26-13(2)17(24)22(3)4/h5-11,13H,1-4H3/t13-/m0/s1. The van der Waals surface area contributed by atoms with E-state index in [2.05, 4.69) is 9.97 Å². The van der Waals surface area contributed by atoms with Crippen LogP contribution in [0.15, 0.2) is 52.5 Å². The summed E-state index contributed by atoms with van der Waals surface area (Å²) in [6.07, 6.45) is 1.71. The quantitative estimate of drug-likeness (QED) is 0.523. The second-order valence-corrected chi connectivity index (χ2v) is 7.55. The molecule has 26 heavy (non-hydrogen) atoms. The molecule has 0 fully saturated rings. The van der Waals surface area contributed by atoms with Gasteiger partial charge in [0.15, 0.2) is 5.16 Å². The van der Waals surface area contributed by atoms with Crippen molar-refractivity contribution in [3.63, 3.8) is 0 Å². The summed E-state index contributed by atoms with van der Waals surface area (Å²) >= 11 is 1.26. The molecule has 0 saturated carbocycles. The van der Waals surface area contributed by atoms with E-state index in [0.29, 0.717) is 21.9 Å². The smallest absolute Gasteiger partial charge is 0.267 e. The molecule has 0 spiro atoms. The highest BCUT2D eigenvalue weighted by Crippen LogP contribution is 2.25. The van der Waals surface area contributed by atoms with Crippen molar-refractivity contribution >= 4 is 28.6 Å². The molecule has 2 heterocycles. The Morgan fingerprint density at radius 3 is 2.58 bits per heavy atom. The number of rotatable bonds is 4. The number of aryl methyl sites for hydroxylation is 1. The van der Waals surface area contributed by atoms with E-state index < -0.39 is 0 Å². The zero-order valence-corrected chi connectivity index (χ0v) is 15.9. The van der Waals surface area contributed by atoms with Gasteiger partial charge in [0.05, 0.1) is 16.2 Å². The minimum atomic E-state index is -0.380. The van der Waals surface area contributed by atoms with E-state index in [1.807, 2.05) is 25.1 Å². The highest BCUT2D eigenvalue weighted by atomic mass is 32.2. The van der Waals surface area contributed by atoms with Gasteiger partial charge in [-0.05, 0) is 37.6 Å². The first-order valence-electron chi connectivity index (χ1n) is 8.21. The summed E-state index contributed by atoms with van der Waals surface area (Å²) in [5.41, 5.74) is 1.41. The number of carbonyl (C=O) groups excluding carboxylic acids is 1. The number of carbonyl (C=O) groups is 1. The Kier molecular flexibility index (Phi) is 5.08. The van der Waals surface area contributed by atoms with Crippen LogP contribution in [0.5, 0.6) is 0 Å². The number of fused-ring (bicyclic) bond motifs is 1. The molecule has 0 saturated heterocycles. The molecule has 2 aromatic heterocycles. The molecule has 0 aliphatic rings. The first kappa shape index (κ1) is 18.1. The summed E-state index contributed by atoms with van der Waals surface area (Å²) in [5, 5.41) is 0.591. The van der Waals surface area contributed by atoms with Crippen molar-refractivity contribution in [3.8, 4) is 5.82 Å². The lowest BCUT2D eigenvalue weighted by atomic mass is 10.2. The minimum Gasteiger partial charge on any atom is -0.348 e. The Labute approximate surface area is 155 Å². The number of benzene rings is 1. The number of pyridine rings is 1. The Morgan fingerprint density at radius 1 is 1.19 bits per heavy atom. The normalized spacial score (nSPS) is 12.2. The van der Waals surface area contributed by atoms with Gasteiger partial charge in [0.2, 0.25) is 5.91 Å². The summed E-state index contributed by atoms with van der Waals surface area (Å²) < 4.78 is 1.48. The van der Waals surface area contributed by atoms with E-state index in [0.717, 1.165) is 5.56 Å². The van der Waals surface area contributed by atoms with Crippen LogP contribution in [0.4, 0.5) is 0 Å². The Balaban J connectivity index is 2.19. The second kappa shape index (κ2) is 7.29. The molecule has 3 rings (SSSR count). The summed E-state index contributed by atoms with van der Waals surface area (Å²) in [6.45, 7) is 3.74. The Hall–Kier alpha value is -2.67. The van der Waals surface area contributed by atoms with Crippen LogP contribution in [0.2, 0.25) is 0 Å². The van der Waals surface area contributed by atoms with Crippen molar-refractivity contribution in [1.82, 2.24) is 19.4 Å². The highest BCUT2D eigenvalue weighted by molar-refractivity contribution is 8.00. The molecular formula is C19H20N4O2S.